The normalized spacial score (nSPS) is 21.6. The summed E-state index contributed by atoms with van der Waals surface area (Å²) in [5, 5.41) is 12.4. The molecular weight excluding hydrogens is 515 g/mol. The van der Waals surface area contributed by atoms with E-state index in [1.54, 1.807) is 13.0 Å². The Bertz CT molecular complexity index is 1390. The number of nitrogens with zero attached hydrogens (tertiary/aromatic N) is 2. The van der Waals surface area contributed by atoms with Gasteiger partial charge in [0.2, 0.25) is 5.78 Å². The molecule has 0 amide bonds. The summed E-state index contributed by atoms with van der Waals surface area (Å²) >= 11 is 0. The molecule has 1 aromatic heterocycles. The standard InChI is InChI=1S/C28H30F3N3O5/c1-16-8-10-18(29)15-21(16)33-27-32-20-11-9-17(24(30)25(20)38-27)14-23(35)28(31,34-12-4-5-13-34)39-22-7-3-2-6-19(22)26(36)37/h8-11,15,19,22H,2-7,12-14H2,1H3,(H,32,33)(H,36,37). The lowest BCUT2D eigenvalue weighted by Crippen LogP contribution is -2.56. The van der Waals surface area contributed by atoms with Gasteiger partial charge in [-0.05, 0) is 61.9 Å². The summed E-state index contributed by atoms with van der Waals surface area (Å²) in [6, 6.07) is 6.85. The summed E-state index contributed by atoms with van der Waals surface area (Å²) in [6.07, 6.45) is 1.74. The highest BCUT2D eigenvalue weighted by Crippen LogP contribution is 2.36. The van der Waals surface area contributed by atoms with Crippen molar-refractivity contribution in [2.75, 3.05) is 18.4 Å². The highest BCUT2D eigenvalue weighted by atomic mass is 19.2. The van der Waals surface area contributed by atoms with Crippen LogP contribution >= 0.6 is 0 Å². The Morgan fingerprint density at radius 3 is 2.64 bits per heavy atom. The number of carbonyl (C=O) groups excluding carboxylic acids is 1. The molecule has 2 aliphatic rings. The molecule has 5 rings (SSSR count). The molecule has 0 bridgehead atoms. The first-order valence-electron chi connectivity index (χ1n) is 13.1. The lowest BCUT2D eigenvalue weighted by Gasteiger charge is -2.39. The Labute approximate surface area is 223 Å². The number of benzene rings is 2. The molecule has 39 heavy (non-hydrogen) atoms. The molecule has 8 nitrogen and oxygen atoms in total. The summed E-state index contributed by atoms with van der Waals surface area (Å²) in [5.41, 5.74) is 0.926. The Balaban J connectivity index is 1.40. The number of aromatic nitrogens is 1. The second kappa shape index (κ2) is 11.0. The lowest BCUT2D eigenvalue weighted by molar-refractivity contribution is -0.258. The zero-order chi connectivity index (χ0) is 27.7. The van der Waals surface area contributed by atoms with Crippen molar-refractivity contribution in [1.29, 1.82) is 0 Å². The van der Waals surface area contributed by atoms with Crippen LogP contribution in [-0.4, -0.2) is 51.9 Å². The number of likely N-dealkylation sites (tertiary alicyclic amines) is 1. The first-order valence-corrected chi connectivity index (χ1v) is 13.1. The van der Waals surface area contributed by atoms with E-state index in [1.807, 2.05) is 0 Å². The number of ketones is 1. The molecule has 1 saturated heterocycles. The number of carboxylic acid groups (broad SMARTS) is 1. The minimum absolute atomic E-state index is 0.0710. The van der Waals surface area contributed by atoms with Crippen molar-refractivity contribution in [2.24, 2.45) is 5.92 Å². The van der Waals surface area contributed by atoms with Crippen LogP contribution in [0.5, 0.6) is 0 Å². The van der Waals surface area contributed by atoms with Gasteiger partial charge < -0.3 is 19.6 Å². The van der Waals surface area contributed by atoms with E-state index in [1.165, 1.54) is 29.2 Å². The summed E-state index contributed by atoms with van der Waals surface area (Å²) in [6.45, 7) is 2.29. The van der Waals surface area contributed by atoms with Crippen LogP contribution in [0.4, 0.5) is 24.9 Å². The van der Waals surface area contributed by atoms with Crippen LogP contribution in [0.25, 0.3) is 11.1 Å². The third-order valence-electron chi connectivity index (χ3n) is 7.55. The Morgan fingerprint density at radius 1 is 1.15 bits per heavy atom. The molecule has 11 heteroatoms. The van der Waals surface area contributed by atoms with Gasteiger partial charge in [-0.3, -0.25) is 9.59 Å². The van der Waals surface area contributed by atoms with Crippen molar-refractivity contribution in [3.8, 4) is 0 Å². The average molecular weight is 546 g/mol. The molecule has 3 aromatic rings. The molecular formula is C28H30F3N3O5. The van der Waals surface area contributed by atoms with Crippen LogP contribution < -0.4 is 5.32 Å². The summed E-state index contributed by atoms with van der Waals surface area (Å²) in [4.78, 5) is 30.7. The first kappa shape index (κ1) is 27.1. The number of alkyl halides is 1. The maximum atomic E-state index is 16.5. The molecule has 3 unspecified atom stereocenters. The van der Waals surface area contributed by atoms with Crippen molar-refractivity contribution in [3.05, 3.63) is 53.1 Å². The summed E-state index contributed by atoms with van der Waals surface area (Å²) in [7, 11) is 0. The summed E-state index contributed by atoms with van der Waals surface area (Å²) in [5.74, 6) is -7.23. The van der Waals surface area contributed by atoms with Crippen LogP contribution in [0.1, 0.15) is 49.7 Å². The van der Waals surface area contributed by atoms with Gasteiger partial charge in [0.15, 0.2) is 11.4 Å². The fourth-order valence-electron chi connectivity index (χ4n) is 5.36. The van der Waals surface area contributed by atoms with Crippen molar-refractivity contribution in [2.45, 2.75) is 64.0 Å². The third-order valence-corrected chi connectivity index (χ3v) is 7.55. The minimum Gasteiger partial charge on any atom is -0.481 e. The monoisotopic (exact) mass is 545 g/mol. The highest BCUT2D eigenvalue weighted by Gasteiger charge is 2.50. The minimum atomic E-state index is -2.88. The molecule has 0 spiro atoms. The number of Topliss-reactive ketones (excluding diaryl/α,β-unsaturated/α-hetero) is 1. The number of carboxylic acids is 1. The number of halogens is 3. The van der Waals surface area contributed by atoms with Crippen LogP contribution in [0.15, 0.2) is 34.7 Å². The van der Waals surface area contributed by atoms with Gasteiger partial charge in [0, 0.05) is 25.2 Å². The number of carbonyl (C=O) groups is 2. The van der Waals surface area contributed by atoms with E-state index < -0.39 is 47.8 Å². The third kappa shape index (κ3) is 5.51. The molecule has 2 fully saturated rings. The van der Waals surface area contributed by atoms with Gasteiger partial charge in [-0.25, -0.2) is 13.7 Å². The van der Waals surface area contributed by atoms with Gasteiger partial charge in [-0.1, -0.05) is 25.0 Å². The van der Waals surface area contributed by atoms with E-state index in [0.29, 0.717) is 44.2 Å². The quantitative estimate of drug-likeness (QED) is 0.333. The predicted molar refractivity (Wildman–Crippen MR) is 136 cm³/mol. The molecule has 3 atom stereocenters. The van der Waals surface area contributed by atoms with Crippen molar-refractivity contribution in [1.82, 2.24) is 9.88 Å². The maximum absolute atomic E-state index is 16.5. The number of rotatable bonds is 9. The van der Waals surface area contributed by atoms with Gasteiger partial charge in [0.1, 0.15) is 11.3 Å². The molecule has 1 saturated carbocycles. The van der Waals surface area contributed by atoms with Crippen molar-refractivity contribution in [3.63, 3.8) is 0 Å². The SMILES string of the molecule is Cc1ccc(F)cc1Nc1nc2ccc(CC(=O)C(F)(OC3CCCCC3C(=O)O)N3CCCC3)c(F)c2o1. The van der Waals surface area contributed by atoms with Crippen LogP contribution in [-0.2, 0) is 20.7 Å². The Kier molecular flexibility index (Phi) is 7.64. The number of fused-ring (bicyclic) bond motifs is 1. The smallest absolute Gasteiger partial charge is 0.330 e. The number of hydrogen-bond donors (Lipinski definition) is 2. The van der Waals surface area contributed by atoms with Gasteiger partial charge >= 0.3 is 11.9 Å². The molecule has 208 valence electrons. The largest absolute Gasteiger partial charge is 0.481 e. The zero-order valence-electron chi connectivity index (χ0n) is 21.5. The number of aliphatic carboxylic acids is 1. The predicted octanol–water partition coefficient (Wildman–Crippen LogP) is 5.65. The van der Waals surface area contributed by atoms with E-state index in [2.05, 4.69) is 10.3 Å². The molecule has 2 heterocycles. The Hall–Kier alpha value is -3.44. The molecule has 2 aromatic carbocycles. The van der Waals surface area contributed by atoms with Crippen LogP contribution in [0.2, 0.25) is 0 Å². The molecule has 1 aliphatic carbocycles. The molecule has 0 radical (unpaired) electrons. The van der Waals surface area contributed by atoms with Crippen LogP contribution in [0.3, 0.4) is 0 Å². The van der Waals surface area contributed by atoms with Crippen molar-refractivity contribution >= 4 is 34.6 Å². The fourth-order valence-corrected chi connectivity index (χ4v) is 5.36. The van der Waals surface area contributed by atoms with Gasteiger partial charge in [-0.2, -0.15) is 9.37 Å². The van der Waals surface area contributed by atoms with E-state index in [9.17, 15) is 19.1 Å². The van der Waals surface area contributed by atoms with Crippen molar-refractivity contribution < 1.29 is 37.0 Å². The van der Waals surface area contributed by atoms with Crippen LogP contribution in [0, 0.1) is 24.5 Å². The summed E-state index contributed by atoms with van der Waals surface area (Å²) < 4.78 is 56.9. The van der Waals surface area contributed by atoms with E-state index in [0.717, 1.165) is 5.56 Å². The van der Waals surface area contributed by atoms with Gasteiger partial charge in [0.05, 0.1) is 12.0 Å². The zero-order valence-corrected chi connectivity index (χ0v) is 21.5. The van der Waals surface area contributed by atoms with Gasteiger partial charge in [-0.15, -0.1) is 0 Å². The maximum Gasteiger partial charge on any atom is 0.330 e. The molecule has 1 aliphatic heterocycles. The number of oxazole rings is 1. The second-order valence-corrected chi connectivity index (χ2v) is 10.2. The number of ether oxygens (including phenoxy) is 1. The number of aryl methyl sites for hydroxylation is 1. The lowest BCUT2D eigenvalue weighted by atomic mass is 9.86. The second-order valence-electron chi connectivity index (χ2n) is 10.2. The number of nitrogens with one attached hydrogen (secondary N) is 1. The number of hydrogen-bond acceptors (Lipinski definition) is 7. The molecule has 2 N–H and O–H groups in total. The van der Waals surface area contributed by atoms with Gasteiger partial charge in [0.25, 0.3) is 6.01 Å². The fraction of sp³-hybridized carbons (Fsp3) is 0.464. The Morgan fingerprint density at radius 2 is 1.90 bits per heavy atom. The number of anilines is 2. The highest BCUT2D eigenvalue weighted by molar-refractivity contribution is 5.88. The average Bonchev–Trinajstić information content (AvgIpc) is 3.59. The topological polar surface area (TPSA) is 105 Å². The van der Waals surface area contributed by atoms with E-state index >= 15 is 8.78 Å². The first-order chi connectivity index (χ1) is 18.7. The van der Waals surface area contributed by atoms with E-state index in [-0.39, 0.29) is 35.8 Å². The van der Waals surface area contributed by atoms with E-state index in [4.69, 9.17) is 9.15 Å².